The number of hydrogen-bond acceptors (Lipinski definition) is 4. The summed E-state index contributed by atoms with van der Waals surface area (Å²) in [7, 11) is -3.04. The van der Waals surface area contributed by atoms with Crippen LogP contribution in [0.25, 0.3) is 0 Å². The standard InChI is InChI=1S/C8H13NO5S/c1-6(8(11)12)7(10)9-2-4-15(13,14)5-3-9/h6H,2-5H2,1H3,(H,11,12). The summed E-state index contributed by atoms with van der Waals surface area (Å²) in [6, 6.07) is 0. The molecule has 1 fully saturated rings. The van der Waals surface area contributed by atoms with Crippen molar-refractivity contribution in [3.8, 4) is 0 Å². The molecule has 0 radical (unpaired) electrons. The van der Waals surface area contributed by atoms with Crippen LogP contribution in [-0.2, 0) is 19.4 Å². The van der Waals surface area contributed by atoms with Crippen LogP contribution in [0.2, 0.25) is 0 Å². The van der Waals surface area contributed by atoms with Crippen LogP contribution in [0.4, 0.5) is 0 Å². The summed E-state index contributed by atoms with van der Waals surface area (Å²) in [5, 5.41) is 8.62. The van der Waals surface area contributed by atoms with Crippen molar-refractivity contribution in [3.05, 3.63) is 0 Å². The van der Waals surface area contributed by atoms with Crippen molar-refractivity contribution in [2.24, 2.45) is 5.92 Å². The monoisotopic (exact) mass is 235 g/mol. The largest absolute Gasteiger partial charge is 0.481 e. The van der Waals surface area contributed by atoms with Gasteiger partial charge < -0.3 is 10.0 Å². The molecular formula is C8H13NO5S. The van der Waals surface area contributed by atoms with Crippen LogP contribution in [0, 0.1) is 5.92 Å². The van der Waals surface area contributed by atoms with E-state index in [4.69, 9.17) is 5.11 Å². The fourth-order valence-electron chi connectivity index (χ4n) is 1.31. The highest BCUT2D eigenvalue weighted by Gasteiger charge is 2.30. The summed E-state index contributed by atoms with van der Waals surface area (Å²) in [6.45, 7) is 1.49. The molecule has 1 aliphatic heterocycles. The first-order chi connectivity index (χ1) is 6.83. The van der Waals surface area contributed by atoms with Crippen LogP contribution < -0.4 is 0 Å². The summed E-state index contributed by atoms with van der Waals surface area (Å²) in [5.74, 6) is -2.97. The average Bonchev–Trinajstić information content (AvgIpc) is 2.15. The van der Waals surface area contributed by atoms with Crippen LogP contribution in [0.15, 0.2) is 0 Å². The average molecular weight is 235 g/mol. The van der Waals surface area contributed by atoms with Gasteiger partial charge in [0.1, 0.15) is 5.92 Å². The lowest BCUT2D eigenvalue weighted by molar-refractivity contribution is -0.150. The van der Waals surface area contributed by atoms with Crippen LogP contribution in [0.1, 0.15) is 6.92 Å². The van der Waals surface area contributed by atoms with Gasteiger partial charge in [0.2, 0.25) is 5.91 Å². The molecule has 1 atom stereocenters. The fourth-order valence-corrected chi connectivity index (χ4v) is 2.51. The number of carboxylic acids is 1. The quantitative estimate of drug-likeness (QED) is 0.617. The normalized spacial score (nSPS) is 22.1. The number of hydrogen-bond donors (Lipinski definition) is 1. The van der Waals surface area contributed by atoms with Gasteiger partial charge in [-0.05, 0) is 6.92 Å². The SMILES string of the molecule is CC(C(=O)O)C(=O)N1CCS(=O)(=O)CC1. The topological polar surface area (TPSA) is 91.8 Å². The van der Waals surface area contributed by atoms with Gasteiger partial charge in [-0.3, -0.25) is 9.59 Å². The summed E-state index contributed by atoms with van der Waals surface area (Å²) in [6.07, 6.45) is 0. The zero-order valence-corrected chi connectivity index (χ0v) is 9.16. The third-order valence-electron chi connectivity index (χ3n) is 2.40. The van der Waals surface area contributed by atoms with Gasteiger partial charge in [-0.15, -0.1) is 0 Å². The Bertz CT molecular complexity index is 360. The molecule has 1 saturated heterocycles. The number of rotatable bonds is 2. The van der Waals surface area contributed by atoms with Gasteiger partial charge in [0.05, 0.1) is 11.5 Å². The van der Waals surface area contributed by atoms with Crippen LogP contribution in [-0.4, -0.2) is 54.9 Å². The molecule has 6 nitrogen and oxygen atoms in total. The molecule has 0 aromatic heterocycles. The van der Waals surface area contributed by atoms with Crippen molar-refractivity contribution in [2.45, 2.75) is 6.92 Å². The van der Waals surface area contributed by atoms with E-state index in [1.807, 2.05) is 0 Å². The Morgan fingerprint density at radius 1 is 1.27 bits per heavy atom. The maximum Gasteiger partial charge on any atom is 0.315 e. The molecular weight excluding hydrogens is 222 g/mol. The first-order valence-corrected chi connectivity index (χ1v) is 6.37. The predicted molar refractivity (Wildman–Crippen MR) is 52.0 cm³/mol. The minimum Gasteiger partial charge on any atom is -0.481 e. The third-order valence-corrected chi connectivity index (χ3v) is 4.01. The Balaban J connectivity index is 2.61. The van der Waals surface area contributed by atoms with E-state index in [9.17, 15) is 18.0 Å². The summed E-state index contributed by atoms with van der Waals surface area (Å²) in [5.41, 5.74) is 0. The predicted octanol–water partition coefficient (Wildman–Crippen LogP) is -1.04. The Hall–Kier alpha value is -1.11. The fraction of sp³-hybridized carbons (Fsp3) is 0.750. The first-order valence-electron chi connectivity index (χ1n) is 4.55. The summed E-state index contributed by atoms with van der Waals surface area (Å²) < 4.78 is 22.1. The second kappa shape index (κ2) is 4.18. The molecule has 0 aliphatic carbocycles. The maximum absolute atomic E-state index is 11.5. The van der Waals surface area contributed by atoms with Crippen molar-refractivity contribution < 1.29 is 23.1 Å². The minimum atomic E-state index is -3.04. The Kier molecular flexibility index (Phi) is 3.33. The van der Waals surface area contributed by atoms with Crippen molar-refractivity contribution in [1.82, 2.24) is 4.90 Å². The molecule has 0 aromatic carbocycles. The van der Waals surface area contributed by atoms with Gasteiger partial charge in [-0.25, -0.2) is 8.42 Å². The number of sulfone groups is 1. The van der Waals surface area contributed by atoms with Gasteiger partial charge in [0.25, 0.3) is 0 Å². The Morgan fingerprint density at radius 3 is 2.13 bits per heavy atom. The van der Waals surface area contributed by atoms with Crippen molar-refractivity contribution in [3.63, 3.8) is 0 Å². The first kappa shape index (κ1) is 12.0. The smallest absolute Gasteiger partial charge is 0.315 e. The minimum absolute atomic E-state index is 0.0783. The van der Waals surface area contributed by atoms with Gasteiger partial charge in [0.15, 0.2) is 9.84 Å². The number of amides is 1. The molecule has 0 saturated carbocycles. The summed E-state index contributed by atoms with van der Waals surface area (Å²) >= 11 is 0. The van der Waals surface area contributed by atoms with Crippen molar-refractivity contribution in [1.29, 1.82) is 0 Å². The molecule has 1 amide bonds. The number of carboxylic acid groups (broad SMARTS) is 1. The van der Waals surface area contributed by atoms with Crippen molar-refractivity contribution in [2.75, 3.05) is 24.6 Å². The number of carbonyl (C=O) groups excluding carboxylic acids is 1. The summed E-state index contributed by atoms with van der Waals surface area (Å²) in [4.78, 5) is 23.3. The van der Waals surface area contributed by atoms with Gasteiger partial charge >= 0.3 is 5.97 Å². The number of nitrogens with zero attached hydrogens (tertiary/aromatic N) is 1. The lowest BCUT2D eigenvalue weighted by Gasteiger charge is -2.27. The molecule has 0 spiro atoms. The molecule has 1 unspecified atom stereocenters. The zero-order valence-electron chi connectivity index (χ0n) is 8.34. The molecule has 0 bridgehead atoms. The second-order valence-electron chi connectivity index (χ2n) is 3.54. The van der Waals surface area contributed by atoms with Gasteiger partial charge in [0, 0.05) is 13.1 Å². The van der Waals surface area contributed by atoms with E-state index in [0.29, 0.717) is 0 Å². The molecule has 0 aromatic rings. The van der Waals surface area contributed by atoms with Crippen LogP contribution in [0.5, 0.6) is 0 Å². The lowest BCUT2D eigenvalue weighted by atomic mass is 10.1. The zero-order chi connectivity index (χ0) is 11.6. The highest BCUT2D eigenvalue weighted by molar-refractivity contribution is 7.91. The van der Waals surface area contributed by atoms with E-state index in [-0.39, 0.29) is 24.6 Å². The van der Waals surface area contributed by atoms with Crippen LogP contribution in [0.3, 0.4) is 0 Å². The number of carbonyl (C=O) groups is 2. The molecule has 1 aliphatic rings. The molecule has 1 heterocycles. The second-order valence-corrected chi connectivity index (χ2v) is 5.84. The van der Waals surface area contributed by atoms with E-state index in [0.717, 1.165) is 0 Å². The Morgan fingerprint density at radius 2 is 1.73 bits per heavy atom. The molecule has 15 heavy (non-hydrogen) atoms. The van der Waals surface area contributed by atoms with E-state index < -0.39 is 27.6 Å². The van der Waals surface area contributed by atoms with E-state index in [1.165, 1.54) is 11.8 Å². The highest BCUT2D eigenvalue weighted by atomic mass is 32.2. The van der Waals surface area contributed by atoms with E-state index in [1.54, 1.807) is 0 Å². The molecule has 1 N–H and O–H groups in total. The molecule has 7 heteroatoms. The van der Waals surface area contributed by atoms with Crippen molar-refractivity contribution >= 4 is 21.7 Å². The lowest BCUT2D eigenvalue weighted by Crippen LogP contribution is -2.47. The third kappa shape index (κ3) is 2.92. The Labute approximate surface area is 87.8 Å². The van der Waals surface area contributed by atoms with E-state index >= 15 is 0 Å². The molecule has 86 valence electrons. The maximum atomic E-state index is 11.5. The highest BCUT2D eigenvalue weighted by Crippen LogP contribution is 2.08. The van der Waals surface area contributed by atoms with Gasteiger partial charge in [-0.1, -0.05) is 0 Å². The molecule has 1 rings (SSSR count). The van der Waals surface area contributed by atoms with Crippen LogP contribution >= 0.6 is 0 Å². The van der Waals surface area contributed by atoms with Gasteiger partial charge in [-0.2, -0.15) is 0 Å². The number of aliphatic carboxylic acids is 1. The van der Waals surface area contributed by atoms with E-state index in [2.05, 4.69) is 0 Å².